The van der Waals surface area contributed by atoms with Crippen molar-refractivity contribution in [3.63, 3.8) is 0 Å². The Bertz CT molecular complexity index is 1090. The molecule has 2 aliphatic carbocycles. The molecule has 0 saturated carbocycles. The van der Waals surface area contributed by atoms with Crippen LogP contribution in [-0.2, 0) is 41.5 Å². The Balaban J connectivity index is 0.000000255. The van der Waals surface area contributed by atoms with E-state index in [1.807, 2.05) is 0 Å². The summed E-state index contributed by atoms with van der Waals surface area (Å²) in [6.45, 7) is 29.4. The van der Waals surface area contributed by atoms with E-state index in [2.05, 4.69) is 137 Å². The molecule has 192 valence electrons. The van der Waals surface area contributed by atoms with Crippen molar-refractivity contribution in [3.8, 4) is 11.1 Å². The SMILES string of the molecule is CC(C)(C)c1[c-]c2c(cc1)-c1ccc(C(C)(C)C)cc1C2.CC1=[C-]C(C)C=C1[Si](C)(C)C.C[C](C)=[Zr+2]. The van der Waals surface area contributed by atoms with E-state index in [0.29, 0.717) is 5.92 Å². The van der Waals surface area contributed by atoms with Crippen LogP contribution in [0.3, 0.4) is 0 Å². The van der Waals surface area contributed by atoms with Crippen LogP contribution in [0.15, 0.2) is 47.2 Å². The Morgan fingerprint density at radius 3 is 1.89 bits per heavy atom. The van der Waals surface area contributed by atoms with Gasteiger partial charge in [-0.05, 0) is 36.5 Å². The summed E-state index contributed by atoms with van der Waals surface area (Å²) in [6, 6.07) is 15.2. The van der Waals surface area contributed by atoms with Crippen LogP contribution in [0.5, 0.6) is 0 Å². The Morgan fingerprint density at radius 2 is 1.47 bits per heavy atom. The van der Waals surface area contributed by atoms with Crippen LogP contribution in [-0.4, -0.2) is 11.3 Å². The third-order valence-electron chi connectivity index (χ3n) is 6.54. The van der Waals surface area contributed by atoms with Crippen molar-refractivity contribution in [2.45, 2.75) is 106 Å². The van der Waals surface area contributed by atoms with Crippen LogP contribution in [0.2, 0.25) is 19.6 Å². The van der Waals surface area contributed by atoms with E-state index >= 15 is 0 Å². The second kappa shape index (κ2) is 11.7. The van der Waals surface area contributed by atoms with E-state index < -0.39 is 8.07 Å². The van der Waals surface area contributed by atoms with Crippen molar-refractivity contribution in [2.24, 2.45) is 5.92 Å². The van der Waals surface area contributed by atoms with Gasteiger partial charge in [-0.25, -0.2) is 10.8 Å². The molecule has 0 spiro atoms. The molecule has 1 unspecified atom stereocenters. The molecule has 0 radical (unpaired) electrons. The molecule has 2 aliphatic rings. The van der Waals surface area contributed by atoms with Gasteiger partial charge in [0.1, 0.15) is 0 Å². The van der Waals surface area contributed by atoms with Gasteiger partial charge >= 0.3 is 41.3 Å². The van der Waals surface area contributed by atoms with Gasteiger partial charge in [-0.3, -0.25) is 6.08 Å². The van der Waals surface area contributed by atoms with Gasteiger partial charge < -0.3 is 0 Å². The van der Waals surface area contributed by atoms with E-state index in [1.54, 1.807) is 29.4 Å². The molecule has 4 rings (SSSR count). The van der Waals surface area contributed by atoms with Gasteiger partial charge in [0.25, 0.3) is 0 Å². The molecule has 0 heterocycles. The summed E-state index contributed by atoms with van der Waals surface area (Å²) in [4.78, 5) is 0. The van der Waals surface area contributed by atoms with E-state index in [4.69, 9.17) is 0 Å². The van der Waals surface area contributed by atoms with Crippen LogP contribution in [0, 0.1) is 18.1 Å². The number of benzene rings is 2. The number of fused-ring (bicyclic) bond motifs is 3. The van der Waals surface area contributed by atoms with Crippen LogP contribution in [0.1, 0.15) is 91.5 Å². The van der Waals surface area contributed by atoms with E-state index in [1.165, 1.54) is 42.2 Å². The van der Waals surface area contributed by atoms with Crippen LogP contribution >= 0.6 is 0 Å². The fourth-order valence-corrected chi connectivity index (χ4v) is 6.62. The molecule has 0 fully saturated rings. The molecule has 0 aromatic heterocycles. The first-order chi connectivity index (χ1) is 16.3. The molecule has 0 bridgehead atoms. The number of rotatable bonds is 1. The molecule has 36 heavy (non-hydrogen) atoms. The average Bonchev–Trinajstić information content (AvgIpc) is 3.24. The first kappa shape index (κ1) is 31.1. The average molecular weight is 576 g/mol. The summed E-state index contributed by atoms with van der Waals surface area (Å²) >= 11 is 1.55. The first-order valence-electron chi connectivity index (χ1n) is 13.3. The van der Waals surface area contributed by atoms with Crippen LogP contribution in [0.25, 0.3) is 11.1 Å². The predicted octanol–water partition coefficient (Wildman–Crippen LogP) is 9.59. The second-order valence-corrected chi connectivity index (χ2v) is 21.2. The van der Waals surface area contributed by atoms with E-state index in [9.17, 15) is 0 Å². The van der Waals surface area contributed by atoms with E-state index in [-0.39, 0.29) is 10.8 Å². The molecular formula is C34H48SiZr. The topological polar surface area (TPSA) is 0 Å². The molecule has 0 N–H and O–H groups in total. The Kier molecular flexibility index (Phi) is 10.1. The Morgan fingerprint density at radius 1 is 0.917 bits per heavy atom. The molecule has 0 aliphatic heterocycles. The van der Waals surface area contributed by atoms with Crippen molar-refractivity contribution in [2.75, 3.05) is 0 Å². The second-order valence-electron chi connectivity index (χ2n) is 13.7. The third kappa shape index (κ3) is 8.46. The maximum absolute atomic E-state index is 3.67. The molecule has 0 saturated heterocycles. The molecule has 0 amide bonds. The maximum atomic E-state index is 3.67. The minimum absolute atomic E-state index is 0.167. The molecule has 2 heteroatoms. The molecular weight excluding hydrogens is 528 g/mol. The van der Waals surface area contributed by atoms with Crippen molar-refractivity contribution < 1.29 is 24.2 Å². The van der Waals surface area contributed by atoms with Crippen molar-refractivity contribution >= 4 is 11.3 Å². The van der Waals surface area contributed by atoms with Crippen LogP contribution in [0.4, 0.5) is 0 Å². The number of hydrogen-bond acceptors (Lipinski definition) is 0. The van der Waals surface area contributed by atoms with E-state index in [0.717, 1.165) is 6.42 Å². The zero-order valence-electron chi connectivity index (χ0n) is 25.2. The Hall–Kier alpha value is -1.11. The number of hydrogen-bond donors (Lipinski definition) is 0. The van der Waals surface area contributed by atoms with Crippen LogP contribution < -0.4 is 0 Å². The van der Waals surface area contributed by atoms with Crippen molar-refractivity contribution in [1.29, 1.82) is 0 Å². The summed E-state index contributed by atoms with van der Waals surface area (Å²) in [5.74, 6) is 0.553. The minimum atomic E-state index is -1.07. The first-order valence-corrected chi connectivity index (χ1v) is 18.1. The summed E-state index contributed by atoms with van der Waals surface area (Å²) in [5.41, 5.74) is 10.1. The third-order valence-corrected chi connectivity index (χ3v) is 8.69. The van der Waals surface area contributed by atoms with Gasteiger partial charge in [-0.1, -0.05) is 105 Å². The molecule has 0 nitrogen and oxygen atoms in total. The van der Waals surface area contributed by atoms with Gasteiger partial charge in [0.15, 0.2) is 0 Å². The van der Waals surface area contributed by atoms with Gasteiger partial charge in [0.2, 0.25) is 0 Å². The summed E-state index contributed by atoms with van der Waals surface area (Å²) in [5, 5.41) is 1.60. The van der Waals surface area contributed by atoms with Gasteiger partial charge in [-0.2, -0.15) is 29.8 Å². The van der Waals surface area contributed by atoms with Gasteiger partial charge in [0.05, 0.1) is 0 Å². The monoisotopic (exact) mass is 574 g/mol. The zero-order chi connectivity index (χ0) is 27.6. The zero-order valence-corrected chi connectivity index (χ0v) is 28.7. The van der Waals surface area contributed by atoms with Gasteiger partial charge in [0, 0.05) is 0 Å². The molecule has 2 aromatic carbocycles. The summed E-state index contributed by atoms with van der Waals surface area (Å²) in [7, 11) is -1.07. The quantitative estimate of drug-likeness (QED) is 0.200. The predicted molar refractivity (Wildman–Crippen MR) is 160 cm³/mol. The number of allylic oxidation sites excluding steroid dienone is 4. The fraction of sp³-hybridized carbons (Fsp3) is 0.500. The van der Waals surface area contributed by atoms with Crippen molar-refractivity contribution in [3.05, 3.63) is 81.6 Å². The molecule has 1 atom stereocenters. The summed E-state index contributed by atoms with van der Waals surface area (Å²) < 4.78 is 1.51. The Labute approximate surface area is 239 Å². The van der Waals surface area contributed by atoms with Crippen molar-refractivity contribution in [1.82, 2.24) is 0 Å². The summed E-state index contributed by atoms with van der Waals surface area (Å²) in [6.07, 6.45) is 6.83. The fourth-order valence-electron chi connectivity index (χ4n) is 4.68. The van der Waals surface area contributed by atoms with Gasteiger partial charge in [-0.15, -0.1) is 11.1 Å². The normalized spacial score (nSPS) is 16.6. The molecule has 2 aromatic rings. The standard InChI is InChI=1S/C21H25.C10H17Si.C3H6.Zr/c1-20(2,3)16-7-9-18-14(12-16)11-15-13-17(21(4,5)6)8-10-19(15)18;1-8-6-9(2)10(7-8)11(3,4)5;1-3-2;/h7-10,12H,11H2,1-6H3;7-8H,1-5H3;1-2H3;/q2*-1;;+2.